The second kappa shape index (κ2) is 5.53. The minimum absolute atomic E-state index is 0.0960. The summed E-state index contributed by atoms with van der Waals surface area (Å²) in [6.07, 6.45) is 0. The van der Waals surface area contributed by atoms with Crippen LogP contribution in [0.25, 0.3) is 0 Å². The number of hydrogen-bond acceptors (Lipinski definition) is 4. The van der Waals surface area contributed by atoms with E-state index in [1.807, 2.05) is 31.3 Å². The molecule has 0 aliphatic rings. The predicted octanol–water partition coefficient (Wildman–Crippen LogP) is 2.25. The van der Waals surface area contributed by atoms with Gasteiger partial charge in [-0.1, -0.05) is 35.5 Å². The molecular weight excluding hydrogens is 258 g/mol. The molecule has 1 aromatic heterocycles. The molecule has 0 atom stereocenters. The number of benzene rings is 1. The molecule has 1 N–H and O–H groups in total. The van der Waals surface area contributed by atoms with Crippen molar-refractivity contribution in [2.24, 2.45) is 7.05 Å². The first-order valence-electron chi connectivity index (χ1n) is 5.07. The van der Waals surface area contributed by atoms with Gasteiger partial charge in [0.05, 0.1) is 0 Å². The summed E-state index contributed by atoms with van der Waals surface area (Å²) in [6.45, 7) is -0.0960. The Bertz CT molecular complexity index is 515. The van der Waals surface area contributed by atoms with Crippen molar-refractivity contribution in [2.45, 2.75) is 17.5 Å². The third-order valence-electron chi connectivity index (χ3n) is 2.32. The van der Waals surface area contributed by atoms with E-state index >= 15 is 0 Å². The second-order valence-electron chi connectivity index (χ2n) is 3.53. The van der Waals surface area contributed by atoms with Crippen molar-refractivity contribution in [3.05, 3.63) is 40.7 Å². The van der Waals surface area contributed by atoms with Crippen molar-refractivity contribution in [1.29, 1.82) is 0 Å². The van der Waals surface area contributed by atoms with Crippen LogP contribution in [0.4, 0.5) is 0 Å². The Balaban J connectivity index is 2.05. The molecule has 0 fully saturated rings. The Hall–Kier alpha value is -1.04. The Morgan fingerprint density at radius 1 is 1.41 bits per heavy atom. The van der Waals surface area contributed by atoms with Crippen LogP contribution in [-0.4, -0.2) is 19.9 Å². The van der Waals surface area contributed by atoms with E-state index in [2.05, 4.69) is 10.2 Å². The molecular formula is C11H12ClN3OS. The van der Waals surface area contributed by atoms with Crippen LogP contribution in [0, 0.1) is 0 Å². The predicted molar refractivity (Wildman–Crippen MR) is 67.9 cm³/mol. The van der Waals surface area contributed by atoms with Gasteiger partial charge in [0.2, 0.25) is 0 Å². The van der Waals surface area contributed by atoms with E-state index in [1.54, 1.807) is 16.3 Å². The molecule has 0 aliphatic heterocycles. The number of aliphatic hydroxyl groups excluding tert-OH is 1. The average Bonchev–Trinajstić information content (AvgIpc) is 2.67. The van der Waals surface area contributed by atoms with E-state index in [1.165, 1.54) is 0 Å². The number of aliphatic hydroxyl groups is 1. The fourth-order valence-corrected chi connectivity index (χ4v) is 2.47. The third-order valence-corrected chi connectivity index (χ3v) is 3.65. The largest absolute Gasteiger partial charge is 0.388 e. The van der Waals surface area contributed by atoms with E-state index in [9.17, 15) is 0 Å². The van der Waals surface area contributed by atoms with Crippen molar-refractivity contribution < 1.29 is 5.11 Å². The number of rotatable bonds is 4. The van der Waals surface area contributed by atoms with E-state index in [-0.39, 0.29) is 6.61 Å². The topological polar surface area (TPSA) is 50.9 Å². The Morgan fingerprint density at radius 2 is 2.24 bits per heavy atom. The average molecular weight is 270 g/mol. The maximum absolute atomic E-state index is 9.00. The van der Waals surface area contributed by atoms with Crippen molar-refractivity contribution in [1.82, 2.24) is 14.8 Å². The van der Waals surface area contributed by atoms with Crippen LogP contribution in [0.3, 0.4) is 0 Å². The first-order valence-corrected chi connectivity index (χ1v) is 6.43. The highest BCUT2D eigenvalue weighted by molar-refractivity contribution is 7.98. The number of halogens is 1. The summed E-state index contributed by atoms with van der Waals surface area (Å²) in [4.78, 5) is 0. The van der Waals surface area contributed by atoms with Crippen LogP contribution in [0.1, 0.15) is 11.4 Å². The van der Waals surface area contributed by atoms with Crippen LogP contribution in [0.2, 0.25) is 5.02 Å². The standard InChI is InChI=1S/C11H12ClN3OS/c1-15-10(6-16)13-14-11(15)17-7-8-3-2-4-9(12)5-8/h2-5,16H,6-7H2,1H3. The van der Waals surface area contributed by atoms with Crippen LogP contribution >= 0.6 is 23.4 Å². The van der Waals surface area contributed by atoms with E-state index in [0.29, 0.717) is 5.82 Å². The summed E-state index contributed by atoms with van der Waals surface area (Å²) in [5.74, 6) is 1.34. The lowest BCUT2D eigenvalue weighted by atomic mass is 10.2. The van der Waals surface area contributed by atoms with Gasteiger partial charge in [-0.25, -0.2) is 0 Å². The van der Waals surface area contributed by atoms with Crippen LogP contribution in [0.15, 0.2) is 29.4 Å². The van der Waals surface area contributed by atoms with E-state index < -0.39 is 0 Å². The summed E-state index contributed by atoms with van der Waals surface area (Å²) in [5, 5.41) is 18.4. The summed E-state index contributed by atoms with van der Waals surface area (Å²) in [5.41, 5.74) is 1.14. The summed E-state index contributed by atoms with van der Waals surface area (Å²) in [7, 11) is 1.84. The zero-order valence-corrected chi connectivity index (χ0v) is 10.9. The highest BCUT2D eigenvalue weighted by atomic mass is 35.5. The highest BCUT2D eigenvalue weighted by Gasteiger charge is 2.08. The van der Waals surface area contributed by atoms with Crippen molar-refractivity contribution >= 4 is 23.4 Å². The van der Waals surface area contributed by atoms with Crippen LogP contribution < -0.4 is 0 Å². The number of thioether (sulfide) groups is 1. The van der Waals surface area contributed by atoms with E-state index in [0.717, 1.165) is 21.5 Å². The molecule has 0 unspecified atom stereocenters. The Kier molecular flexibility index (Phi) is 4.04. The van der Waals surface area contributed by atoms with Gasteiger partial charge in [0.25, 0.3) is 0 Å². The van der Waals surface area contributed by atoms with Crippen molar-refractivity contribution in [2.75, 3.05) is 0 Å². The quantitative estimate of drug-likeness (QED) is 0.865. The summed E-state index contributed by atoms with van der Waals surface area (Å²) >= 11 is 7.47. The van der Waals surface area contributed by atoms with Gasteiger partial charge in [-0.2, -0.15) is 0 Å². The molecule has 0 bridgehead atoms. The summed E-state index contributed by atoms with van der Waals surface area (Å²) in [6, 6.07) is 7.72. The number of nitrogens with zero attached hydrogens (tertiary/aromatic N) is 3. The molecule has 0 saturated heterocycles. The molecule has 0 radical (unpaired) electrons. The minimum Gasteiger partial charge on any atom is -0.388 e. The second-order valence-corrected chi connectivity index (χ2v) is 4.91. The highest BCUT2D eigenvalue weighted by Crippen LogP contribution is 2.22. The molecule has 0 aliphatic carbocycles. The first kappa shape index (κ1) is 12.4. The van der Waals surface area contributed by atoms with E-state index in [4.69, 9.17) is 16.7 Å². The van der Waals surface area contributed by atoms with Gasteiger partial charge >= 0.3 is 0 Å². The molecule has 1 heterocycles. The molecule has 90 valence electrons. The van der Waals surface area contributed by atoms with Crippen molar-refractivity contribution in [3.63, 3.8) is 0 Å². The van der Waals surface area contributed by atoms with Gasteiger partial charge in [-0.05, 0) is 17.7 Å². The minimum atomic E-state index is -0.0960. The lowest BCUT2D eigenvalue weighted by molar-refractivity contribution is 0.266. The molecule has 1 aromatic carbocycles. The number of hydrogen-bond donors (Lipinski definition) is 1. The van der Waals surface area contributed by atoms with Gasteiger partial charge in [0, 0.05) is 17.8 Å². The lowest BCUT2D eigenvalue weighted by Crippen LogP contribution is -1.98. The SMILES string of the molecule is Cn1c(CO)nnc1SCc1cccc(Cl)c1. The fourth-order valence-electron chi connectivity index (χ4n) is 1.38. The summed E-state index contributed by atoms with van der Waals surface area (Å²) < 4.78 is 1.79. The molecule has 17 heavy (non-hydrogen) atoms. The lowest BCUT2D eigenvalue weighted by Gasteiger charge is -2.02. The zero-order valence-electron chi connectivity index (χ0n) is 9.30. The molecule has 2 rings (SSSR count). The molecule has 6 heteroatoms. The first-order chi connectivity index (χ1) is 8.20. The molecule has 0 spiro atoms. The molecule has 2 aromatic rings. The van der Waals surface area contributed by atoms with Gasteiger partial charge in [-0.3, -0.25) is 0 Å². The van der Waals surface area contributed by atoms with Crippen molar-refractivity contribution in [3.8, 4) is 0 Å². The van der Waals surface area contributed by atoms with Gasteiger partial charge < -0.3 is 9.67 Å². The Labute approximate surface area is 109 Å². The maximum atomic E-state index is 9.00. The molecule has 0 amide bonds. The van der Waals surface area contributed by atoms with Crippen LogP contribution in [0.5, 0.6) is 0 Å². The van der Waals surface area contributed by atoms with Crippen LogP contribution in [-0.2, 0) is 19.4 Å². The molecule has 0 saturated carbocycles. The van der Waals surface area contributed by atoms with Gasteiger partial charge in [0.1, 0.15) is 6.61 Å². The molecule has 4 nitrogen and oxygen atoms in total. The maximum Gasteiger partial charge on any atom is 0.191 e. The fraction of sp³-hybridized carbons (Fsp3) is 0.273. The zero-order chi connectivity index (χ0) is 12.3. The van der Waals surface area contributed by atoms with Gasteiger partial charge in [0.15, 0.2) is 11.0 Å². The Morgan fingerprint density at radius 3 is 2.88 bits per heavy atom. The normalized spacial score (nSPS) is 10.8. The van der Waals surface area contributed by atoms with Gasteiger partial charge in [-0.15, -0.1) is 10.2 Å². The third kappa shape index (κ3) is 3.00. The smallest absolute Gasteiger partial charge is 0.191 e. The number of aromatic nitrogens is 3. The monoisotopic (exact) mass is 269 g/mol.